The molecule has 124 valence electrons. The fourth-order valence-electron chi connectivity index (χ4n) is 2.04. The third-order valence-electron chi connectivity index (χ3n) is 3.08. The van der Waals surface area contributed by atoms with Crippen molar-refractivity contribution in [3.05, 3.63) is 0 Å². The quantitative estimate of drug-likeness (QED) is 0.332. The molecule has 0 fully saturated rings. The summed E-state index contributed by atoms with van der Waals surface area (Å²) >= 11 is 0. The standard InChI is InChI=1S/C15H29NO5/c1-5-12(17)8-6-7-9-15(20)21-13(10-14(18)19)11-16(2,3)4/h12-13,17H,5-11H2,1-4H3. The molecule has 6 nitrogen and oxygen atoms in total. The van der Waals surface area contributed by atoms with Crippen molar-refractivity contribution in [2.75, 3.05) is 27.7 Å². The van der Waals surface area contributed by atoms with Gasteiger partial charge < -0.3 is 24.2 Å². The van der Waals surface area contributed by atoms with E-state index in [1.54, 1.807) is 0 Å². The lowest BCUT2D eigenvalue weighted by Gasteiger charge is -2.29. The summed E-state index contributed by atoms with van der Waals surface area (Å²) in [5, 5.41) is 20.1. The van der Waals surface area contributed by atoms with E-state index < -0.39 is 12.1 Å². The zero-order valence-electron chi connectivity index (χ0n) is 13.6. The van der Waals surface area contributed by atoms with Crippen LogP contribution >= 0.6 is 0 Å². The summed E-state index contributed by atoms with van der Waals surface area (Å²) in [5.74, 6) is -1.60. The van der Waals surface area contributed by atoms with E-state index >= 15 is 0 Å². The fourth-order valence-corrected chi connectivity index (χ4v) is 2.04. The van der Waals surface area contributed by atoms with Crippen LogP contribution in [0.3, 0.4) is 0 Å². The lowest BCUT2D eigenvalue weighted by molar-refractivity contribution is -0.873. The summed E-state index contributed by atoms with van der Waals surface area (Å²) in [6.45, 7) is 2.34. The van der Waals surface area contributed by atoms with Crippen molar-refractivity contribution in [1.29, 1.82) is 0 Å². The molecule has 0 spiro atoms. The molecule has 2 unspecified atom stereocenters. The minimum Gasteiger partial charge on any atom is -0.550 e. The van der Waals surface area contributed by atoms with E-state index in [0.717, 1.165) is 6.42 Å². The minimum atomic E-state index is -1.22. The van der Waals surface area contributed by atoms with Crippen LogP contribution in [0, 0.1) is 0 Å². The van der Waals surface area contributed by atoms with Crippen LogP contribution in [0.15, 0.2) is 0 Å². The number of quaternary nitrogens is 1. The molecule has 21 heavy (non-hydrogen) atoms. The van der Waals surface area contributed by atoms with Crippen molar-refractivity contribution in [3.63, 3.8) is 0 Å². The number of ether oxygens (including phenoxy) is 1. The number of carboxylic acids is 1. The van der Waals surface area contributed by atoms with E-state index in [0.29, 0.717) is 30.3 Å². The molecule has 0 bridgehead atoms. The number of rotatable bonds is 11. The van der Waals surface area contributed by atoms with Crippen molar-refractivity contribution in [2.24, 2.45) is 0 Å². The molecule has 0 aliphatic carbocycles. The summed E-state index contributed by atoms with van der Waals surface area (Å²) in [6.07, 6.45) is 1.76. The smallest absolute Gasteiger partial charge is 0.306 e. The van der Waals surface area contributed by atoms with Crippen LogP contribution in [0.1, 0.15) is 45.4 Å². The Bertz CT molecular complexity index is 325. The van der Waals surface area contributed by atoms with Crippen LogP contribution in [0.4, 0.5) is 0 Å². The second-order valence-electron chi connectivity index (χ2n) is 6.47. The fraction of sp³-hybridized carbons (Fsp3) is 0.867. The SMILES string of the molecule is CCC(O)CCCCC(=O)OC(CC(=O)[O-])C[N+](C)(C)C. The number of nitrogens with zero attached hydrogens (tertiary/aromatic N) is 1. The normalized spacial score (nSPS) is 14.5. The lowest BCUT2D eigenvalue weighted by atomic mass is 10.1. The van der Waals surface area contributed by atoms with Crippen molar-refractivity contribution < 1.29 is 29.0 Å². The highest BCUT2D eigenvalue weighted by atomic mass is 16.5. The van der Waals surface area contributed by atoms with Crippen molar-refractivity contribution in [1.82, 2.24) is 0 Å². The number of aliphatic hydroxyl groups is 1. The van der Waals surface area contributed by atoms with Gasteiger partial charge in [-0.1, -0.05) is 13.3 Å². The minimum absolute atomic E-state index is 0.247. The van der Waals surface area contributed by atoms with Crippen LogP contribution in [0.5, 0.6) is 0 Å². The van der Waals surface area contributed by atoms with Gasteiger partial charge in [0, 0.05) is 18.8 Å². The maximum atomic E-state index is 11.7. The third kappa shape index (κ3) is 12.3. The second kappa shape index (κ2) is 9.73. The van der Waals surface area contributed by atoms with Gasteiger partial charge in [-0.15, -0.1) is 0 Å². The predicted molar refractivity (Wildman–Crippen MR) is 77.2 cm³/mol. The van der Waals surface area contributed by atoms with E-state index in [1.165, 1.54) is 0 Å². The van der Waals surface area contributed by atoms with Crippen molar-refractivity contribution >= 4 is 11.9 Å². The maximum absolute atomic E-state index is 11.7. The number of carbonyl (C=O) groups excluding carboxylic acids is 2. The molecular weight excluding hydrogens is 274 g/mol. The first-order chi connectivity index (χ1) is 9.64. The zero-order valence-corrected chi connectivity index (χ0v) is 13.6. The van der Waals surface area contributed by atoms with Gasteiger partial charge in [0.05, 0.1) is 27.2 Å². The summed E-state index contributed by atoms with van der Waals surface area (Å²) in [5.41, 5.74) is 0. The molecule has 6 heteroatoms. The van der Waals surface area contributed by atoms with Crippen LogP contribution in [0.2, 0.25) is 0 Å². The Labute approximate surface area is 127 Å². The summed E-state index contributed by atoms with van der Waals surface area (Å²) in [7, 11) is 5.72. The number of esters is 1. The molecule has 0 aliphatic rings. The van der Waals surface area contributed by atoms with Gasteiger partial charge in [0.1, 0.15) is 6.54 Å². The molecule has 1 N–H and O–H groups in total. The van der Waals surface area contributed by atoms with Gasteiger partial charge >= 0.3 is 5.97 Å². The number of aliphatic hydroxyl groups excluding tert-OH is 1. The number of carbonyl (C=O) groups is 2. The number of hydrogen-bond donors (Lipinski definition) is 1. The first kappa shape index (κ1) is 19.9. The first-order valence-electron chi connectivity index (χ1n) is 7.52. The van der Waals surface area contributed by atoms with Crippen LogP contribution in [-0.4, -0.2) is 61.4 Å². The van der Waals surface area contributed by atoms with Crippen LogP contribution < -0.4 is 5.11 Å². The third-order valence-corrected chi connectivity index (χ3v) is 3.08. The van der Waals surface area contributed by atoms with E-state index in [-0.39, 0.29) is 24.9 Å². The van der Waals surface area contributed by atoms with Gasteiger partial charge in [0.2, 0.25) is 0 Å². The topological polar surface area (TPSA) is 86.7 Å². The van der Waals surface area contributed by atoms with Gasteiger partial charge in [0.25, 0.3) is 0 Å². The Balaban J connectivity index is 4.12. The Kier molecular flexibility index (Phi) is 9.21. The number of hydrogen-bond acceptors (Lipinski definition) is 5. The predicted octanol–water partition coefficient (Wildman–Crippen LogP) is 0.0757. The monoisotopic (exact) mass is 303 g/mol. The summed E-state index contributed by atoms with van der Waals surface area (Å²) in [6, 6.07) is 0. The molecule has 0 saturated heterocycles. The maximum Gasteiger partial charge on any atom is 0.306 e. The van der Waals surface area contributed by atoms with Gasteiger partial charge in [0.15, 0.2) is 6.10 Å². The number of unbranched alkanes of at least 4 members (excludes halogenated alkanes) is 1. The number of likely N-dealkylation sites (N-methyl/N-ethyl adjacent to an activating group) is 1. The summed E-state index contributed by atoms with van der Waals surface area (Å²) in [4.78, 5) is 22.4. The highest BCUT2D eigenvalue weighted by Crippen LogP contribution is 2.10. The Hall–Kier alpha value is -1.14. The van der Waals surface area contributed by atoms with Gasteiger partial charge in [-0.25, -0.2) is 0 Å². The molecular formula is C15H29NO5. The number of carboxylic acid groups (broad SMARTS) is 1. The molecule has 0 amide bonds. The first-order valence-corrected chi connectivity index (χ1v) is 7.52. The van der Waals surface area contributed by atoms with Gasteiger partial charge in [-0.2, -0.15) is 0 Å². The van der Waals surface area contributed by atoms with Crippen molar-refractivity contribution in [2.45, 2.75) is 57.7 Å². The second-order valence-corrected chi connectivity index (χ2v) is 6.47. The Morgan fingerprint density at radius 2 is 1.86 bits per heavy atom. The highest BCUT2D eigenvalue weighted by molar-refractivity contribution is 5.70. The van der Waals surface area contributed by atoms with E-state index in [4.69, 9.17) is 4.74 Å². The molecule has 0 heterocycles. The van der Waals surface area contributed by atoms with E-state index in [1.807, 2.05) is 28.1 Å². The molecule has 0 aromatic heterocycles. The molecule has 0 aliphatic heterocycles. The molecule has 0 radical (unpaired) electrons. The average Bonchev–Trinajstić information content (AvgIpc) is 2.31. The van der Waals surface area contributed by atoms with E-state index in [9.17, 15) is 19.8 Å². The van der Waals surface area contributed by atoms with Gasteiger partial charge in [-0.3, -0.25) is 4.79 Å². The molecule has 0 rings (SSSR count). The van der Waals surface area contributed by atoms with Crippen LogP contribution in [0.25, 0.3) is 0 Å². The lowest BCUT2D eigenvalue weighted by Crippen LogP contribution is -2.45. The molecule has 0 saturated carbocycles. The zero-order chi connectivity index (χ0) is 16.5. The van der Waals surface area contributed by atoms with Crippen molar-refractivity contribution in [3.8, 4) is 0 Å². The largest absolute Gasteiger partial charge is 0.550 e. The summed E-state index contributed by atoms with van der Waals surface area (Å²) < 4.78 is 5.74. The average molecular weight is 303 g/mol. The highest BCUT2D eigenvalue weighted by Gasteiger charge is 2.22. The Morgan fingerprint density at radius 1 is 1.24 bits per heavy atom. The van der Waals surface area contributed by atoms with E-state index in [2.05, 4.69) is 0 Å². The molecule has 2 atom stereocenters. The molecule has 0 aromatic carbocycles. The van der Waals surface area contributed by atoms with Gasteiger partial charge in [-0.05, 0) is 19.3 Å². The molecule has 0 aromatic rings. The number of aliphatic carboxylic acids is 1. The Morgan fingerprint density at radius 3 is 2.33 bits per heavy atom. The van der Waals surface area contributed by atoms with Crippen LogP contribution in [-0.2, 0) is 14.3 Å².